The first-order valence-corrected chi connectivity index (χ1v) is 9.46. The molecule has 0 saturated heterocycles. The summed E-state index contributed by atoms with van der Waals surface area (Å²) in [5, 5.41) is 14.1. The van der Waals surface area contributed by atoms with E-state index in [1.54, 1.807) is 36.4 Å². The van der Waals surface area contributed by atoms with Gasteiger partial charge in [0, 0.05) is 5.69 Å². The maximum atomic E-state index is 12.4. The molecular weight excluding hydrogens is 368 g/mol. The molecular formula is C22H24N4O3. The first-order chi connectivity index (χ1) is 14.0. The number of nitrogens with zero attached hydrogens (tertiary/aromatic N) is 2. The van der Waals surface area contributed by atoms with Crippen molar-refractivity contribution in [1.29, 1.82) is 0 Å². The van der Waals surface area contributed by atoms with E-state index in [0.717, 1.165) is 17.2 Å². The maximum absolute atomic E-state index is 12.4. The zero-order chi connectivity index (χ0) is 20.6. The molecule has 0 saturated carbocycles. The minimum atomic E-state index is -0.336. The predicted octanol–water partition coefficient (Wildman–Crippen LogP) is 4.66. The van der Waals surface area contributed by atoms with Gasteiger partial charge in [0.25, 0.3) is 5.91 Å². The van der Waals surface area contributed by atoms with Gasteiger partial charge in [-0.15, -0.1) is 10.2 Å². The van der Waals surface area contributed by atoms with Crippen molar-refractivity contribution in [2.24, 2.45) is 0 Å². The first-order valence-electron chi connectivity index (χ1n) is 9.46. The molecule has 3 aromatic rings. The molecule has 0 atom stereocenters. The summed E-state index contributed by atoms with van der Waals surface area (Å²) in [7, 11) is 0. The van der Waals surface area contributed by atoms with E-state index in [-0.39, 0.29) is 17.7 Å². The van der Waals surface area contributed by atoms with Crippen LogP contribution in [0.1, 0.15) is 31.3 Å². The maximum Gasteiger partial charge on any atom is 0.276 e. The number of benzene rings is 2. The Morgan fingerprint density at radius 2 is 1.76 bits per heavy atom. The van der Waals surface area contributed by atoms with Crippen LogP contribution < -0.4 is 20.1 Å². The molecule has 2 aromatic carbocycles. The fraction of sp³-hybridized carbons (Fsp3) is 0.227. The van der Waals surface area contributed by atoms with Gasteiger partial charge >= 0.3 is 0 Å². The Labute approximate surface area is 170 Å². The van der Waals surface area contributed by atoms with Crippen LogP contribution in [0.15, 0.2) is 60.7 Å². The molecule has 1 aromatic heterocycles. The summed E-state index contributed by atoms with van der Waals surface area (Å²) >= 11 is 0. The molecule has 150 valence electrons. The number of nitrogens with one attached hydrogen (secondary N) is 2. The van der Waals surface area contributed by atoms with Gasteiger partial charge in [0.1, 0.15) is 11.5 Å². The third kappa shape index (κ3) is 5.68. The molecule has 0 fully saturated rings. The average Bonchev–Trinajstić information content (AvgIpc) is 2.71. The molecule has 7 nitrogen and oxygen atoms in total. The van der Waals surface area contributed by atoms with Crippen molar-refractivity contribution in [2.75, 3.05) is 17.2 Å². The molecule has 1 amide bonds. The topological polar surface area (TPSA) is 85.4 Å². The summed E-state index contributed by atoms with van der Waals surface area (Å²) in [4.78, 5) is 12.4. The lowest BCUT2D eigenvalue weighted by molar-refractivity contribution is 0.102. The minimum Gasteiger partial charge on any atom is -0.494 e. The Kier molecular flexibility index (Phi) is 6.63. The molecule has 7 heteroatoms. The number of para-hydroxylation sites is 2. The van der Waals surface area contributed by atoms with Crippen molar-refractivity contribution in [3.63, 3.8) is 0 Å². The van der Waals surface area contributed by atoms with Gasteiger partial charge in [-0.3, -0.25) is 4.79 Å². The van der Waals surface area contributed by atoms with Crippen LogP contribution in [-0.4, -0.2) is 28.8 Å². The molecule has 3 rings (SSSR count). The van der Waals surface area contributed by atoms with Crippen molar-refractivity contribution in [3.05, 3.63) is 66.4 Å². The Balaban J connectivity index is 1.65. The summed E-state index contributed by atoms with van der Waals surface area (Å²) in [5.41, 5.74) is 1.65. The van der Waals surface area contributed by atoms with E-state index < -0.39 is 0 Å². The highest BCUT2D eigenvalue weighted by Crippen LogP contribution is 2.27. The smallest absolute Gasteiger partial charge is 0.276 e. The zero-order valence-electron chi connectivity index (χ0n) is 16.7. The highest BCUT2D eigenvalue weighted by molar-refractivity contribution is 6.02. The summed E-state index contributed by atoms with van der Waals surface area (Å²) in [6, 6.07) is 18.1. The van der Waals surface area contributed by atoms with Crippen LogP contribution in [0.4, 0.5) is 17.2 Å². The number of rotatable bonds is 8. The Bertz CT molecular complexity index is 941. The Hall–Kier alpha value is -3.61. The lowest BCUT2D eigenvalue weighted by Crippen LogP contribution is -2.14. The number of hydrogen-bond donors (Lipinski definition) is 2. The first kappa shape index (κ1) is 20.1. The number of anilines is 3. The van der Waals surface area contributed by atoms with E-state index in [2.05, 4.69) is 20.8 Å². The largest absolute Gasteiger partial charge is 0.494 e. The lowest BCUT2D eigenvalue weighted by atomic mass is 10.2. The summed E-state index contributed by atoms with van der Waals surface area (Å²) in [6.07, 6.45) is 0.0534. The number of amides is 1. The van der Waals surface area contributed by atoms with Crippen LogP contribution in [0.2, 0.25) is 0 Å². The Morgan fingerprint density at radius 1 is 1.00 bits per heavy atom. The van der Waals surface area contributed by atoms with Crippen molar-refractivity contribution in [1.82, 2.24) is 10.2 Å². The highest BCUT2D eigenvalue weighted by Gasteiger charge is 2.10. The monoisotopic (exact) mass is 392 g/mol. The predicted molar refractivity (Wildman–Crippen MR) is 113 cm³/mol. The van der Waals surface area contributed by atoms with Gasteiger partial charge in [0.2, 0.25) is 0 Å². The number of ether oxygens (including phenoxy) is 2. The van der Waals surface area contributed by atoms with Crippen molar-refractivity contribution in [3.8, 4) is 11.5 Å². The minimum absolute atomic E-state index is 0.0534. The molecule has 0 unspecified atom stereocenters. The Morgan fingerprint density at radius 3 is 2.41 bits per heavy atom. The summed E-state index contributed by atoms with van der Waals surface area (Å²) in [5.74, 6) is 1.66. The van der Waals surface area contributed by atoms with Crippen LogP contribution in [0, 0.1) is 0 Å². The number of hydrogen-bond acceptors (Lipinski definition) is 6. The van der Waals surface area contributed by atoms with E-state index >= 15 is 0 Å². The molecule has 29 heavy (non-hydrogen) atoms. The fourth-order valence-corrected chi connectivity index (χ4v) is 2.58. The van der Waals surface area contributed by atoms with Gasteiger partial charge < -0.3 is 20.1 Å². The second kappa shape index (κ2) is 9.54. The molecule has 0 aliphatic rings. The number of carbonyl (C=O) groups excluding carboxylic acids is 1. The van der Waals surface area contributed by atoms with Crippen LogP contribution in [-0.2, 0) is 0 Å². The molecule has 0 aliphatic carbocycles. The highest BCUT2D eigenvalue weighted by atomic mass is 16.5. The van der Waals surface area contributed by atoms with Crippen molar-refractivity contribution < 1.29 is 14.3 Å². The third-order valence-corrected chi connectivity index (χ3v) is 3.83. The molecule has 1 heterocycles. The molecule has 2 N–H and O–H groups in total. The summed E-state index contributed by atoms with van der Waals surface area (Å²) in [6.45, 7) is 6.45. The van der Waals surface area contributed by atoms with Gasteiger partial charge in [-0.2, -0.15) is 0 Å². The number of aromatic nitrogens is 2. The van der Waals surface area contributed by atoms with Crippen molar-refractivity contribution >= 4 is 23.1 Å². The standard InChI is InChI=1S/C22H24N4O3/c1-4-28-17-11-9-16(10-12-17)23-22(27)19-13-14-21(26-25-19)24-18-7-5-6-8-20(18)29-15(2)3/h5-15H,4H2,1-3H3,(H,23,27)(H,24,26). The second-order valence-corrected chi connectivity index (χ2v) is 6.50. The van der Waals surface area contributed by atoms with E-state index in [4.69, 9.17) is 9.47 Å². The van der Waals surface area contributed by atoms with Gasteiger partial charge in [-0.05, 0) is 69.3 Å². The molecule has 0 bridgehead atoms. The third-order valence-electron chi connectivity index (χ3n) is 3.83. The van der Waals surface area contributed by atoms with Crippen LogP contribution >= 0.6 is 0 Å². The molecule has 0 spiro atoms. The van der Waals surface area contributed by atoms with Crippen LogP contribution in [0.3, 0.4) is 0 Å². The zero-order valence-corrected chi connectivity index (χ0v) is 16.7. The second-order valence-electron chi connectivity index (χ2n) is 6.50. The van der Waals surface area contributed by atoms with E-state index in [9.17, 15) is 4.79 Å². The van der Waals surface area contributed by atoms with Gasteiger partial charge in [0.05, 0.1) is 18.4 Å². The molecule has 0 aliphatic heterocycles. The normalized spacial score (nSPS) is 10.5. The average molecular weight is 392 g/mol. The number of carbonyl (C=O) groups is 1. The van der Waals surface area contributed by atoms with Gasteiger partial charge in [-0.25, -0.2) is 0 Å². The lowest BCUT2D eigenvalue weighted by Gasteiger charge is -2.14. The van der Waals surface area contributed by atoms with E-state index in [1.807, 2.05) is 45.0 Å². The van der Waals surface area contributed by atoms with Crippen LogP contribution in [0.25, 0.3) is 0 Å². The SMILES string of the molecule is CCOc1ccc(NC(=O)c2ccc(Nc3ccccc3OC(C)C)nn2)cc1. The van der Waals surface area contributed by atoms with Crippen molar-refractivity contribution in [2.45, 2.75) is 26.9 Å². The quantitative estimate of drug-likeness (QED) is 0.580. The van der Waals surface area contributed by atoms with Gasteiger partial charge in [0.15, 0.2) is 11.5 Å². The summed E-state index contributed by atoms with van der Waals surface area (Å²) < 4.78 is 11.2. The fourth-order valence-electron chi connectivity index (χ4n) is 2.58. The molecule has 0 radical (unpaired) electrons. The van der Waals surface area contributed by atoms with E-state index in [0.29, 0.717) is 18.1 Å². The van der Waals surface area contributed by atoms with Crippen LogP contribution in [0.5, 0.6) is 11.5 Å². The van der Waals surface area contributed by atoms with E-state index in [1.165, 1.54) is 0 Å². The van der Waals surface area contributed by atoms with Gasteiger partial charge in [-0.1, -0.05) is 12.1 Å².